The van der Waals surface area contributed by atoms with Crippen LogP contribution in [-0.4, -0.2) is 32.7 Å². The summed E-state index contributed by atoms with van der Waals surface area (Å²) in [6.07, 6.45) is 1.48. The van der Waals surface area contributed by atoms with Crippen molar-refractivity contribution in [3.63, 3.8) is 0 Å². The highest BCUT2D eigenvalue weighted by molar-refractivity contribution is 7.90. The summed E-state index contributed by atoms with van der Waals surface area (Å²) >= 11 is 0. The van der Waals surface area contributed by atoms with Crippen LogP contribution in [0.2, 0.25) is 0 Å². The number of amides is 1. The average Bonchev–Trinajstić information content (AvgIpc) is 2.28. The van der Waals surface area contributed by atoms with Gasteiger partial charge in [0.1, 0.15) is 0 Å². The van der Waals surface area contributed by atoms with E-state index in [2.05, 4.69) is 10.6 Å². The van der Waals surface area contributed by atoms with Gasteiger partial charge in [0.2, 0.25) is 5.91 Å². The Kier molecular flexibility index (Phi) is 5.53. The summed E-state index contributed by atoms with van der Waals surface area (Å²) in [5, 5.41) is 6.00. The molecule has 0 aromatic heterocycles. The van der Waals surface area contributed by atoms with Crippen LogP contribution in [-0.2, 0) is 14.6 Å². The number of rotatable bonds is 5. The fourth-order valence-electron chi connectivity index (χ4n) is 1.73. The molecule has 0 atom stereocenters. The molecule has 21 heavy (non-hydrogen) atoms. The van der Waals surface area contributed by atoms with E-state index in [0.717, 1.165) is 11.8 Å². The van der Waals surface area contributed by atoms with Crippen molar-refractivity contribution in [2.24, 2.45) is 0 Å². The van der Waals surface area contributed by atoms with Crippen LogP contribution < -0.4 is 10.6 Å². The number of hydrogen-bond acceptors (Lipinski definition) is 4. The third kappa shape index (κ3) is 6.27. The summed E-state index contributed by atoms with van der Waals surface area (Å²) in [7, 11) is -3.28. The molecule has 0 bridgehead atoms. The molecule has 0 heterocycles. The Hall–Kier alpha value is -1.40. The fraction of sp³-hybridized carbons (Fsp3) is 0.533. The van der Waals surface area contributed by atoms with Crippen molar-refractivity contribution < 1.29 is 13.2 Å². The maximum absolute atomic E-state index is 11.9. The molecule has 118 valence electrons. The molecule has 1 amide bonds. The molecular formula is C15H24N2O3S. The summed E-state index contributed by atoms with van der Waals surface area (Å²) < 4.78 is 23.1. The molecule has 0 unspecified atom stereocenters. The first-order valence-electron chi connectivity index (χ1n) is 6.84. The summed E-state index contributed by atoms with van der Waals surface area (Å²) in [5.41, 5.74) is 1.34. The smallest absolute Gasteiger partial charge is 0.225 e. The molecular weight excluding hydrogens is 288 g/mol. The van der Waals surface area contributed by atoms with E-state index in [1.165, 1.54) is 6.07 Å². The fourth-order valence-corrected chi connectivity index (χ4v) is 2.38. The van der Waals surface area contributed by atoms with Gasteiger partial charge in [-0.15, -0.1) is 0 Å². The highest BCUT2D eigenvalue weighted by Gasteiger charge is 2.12. The van der Waals surface area contributed by atoms with E-state index in [0.29, 0.717) is 18.7 Å². The van der Waals surface area contributed by atoms with Crippen LogP contribution in [0.25, 0.3) is 0 Å². The average molecular weight is 312 g/mol. The van der Waals surface area contributed by atoms with E-state index in [-0.39, 0.29) is 16.3 Å². The first-order valence-corrected chi connectivity index (χ1v) is 8.74. The second-order valence-corrected chi connectivity index (χ2v) is 8.24. The zero-order chi connectivity index (χ0) is 16.3. The van der Waals surface area contributed by atoms with Gasteiger partial charge in [-0.05, 0) is 45.4 Å². The van der Waals surface area contributed by atoms with E-state index < -0.39 is 9.84 Å². The molecule has 0 aliphatic heterocycles. The topological polar surface area (TPSA) is 75.3 Å². The molecule has 6 heteroatoms. The minimum absolute atomic E-state index is 0.0353. The Morgan fingerprint density at radius 2 is 1.86 bits per heavy atom. The summed E-state index contributed by atoms with van der Waals surface area (Å²) in [4.78, 5) is 12.1. The van der Waals surface area contributed by atoms with Gasteiger partial charge in [0.25, 0.3) is 0 Å². The first kappa shape index (κ1) is 17.7. The summed E-state index contributed by atoms with van der Waals surface area (Å²) in [5.74, 6) is -0.138. The molecule has 0 fully saturated rings. The van der Waals surface area contributed by atoms with Gasteiger partial charge in [-0.1, -0.05) is 6.07 Å². The standard InChI is InChI=1S/C15H24N2O3S/c1-11-6-7-12(21(5,19)20)10-13(11)17-14(18)8-9-16-15(2,3)4/h6-7,10,16H,8-9H2,1-5H3,(H,17,18). The van der Waals surface area contributed by atoms with Gasteiger partial charge >= 0.3 is 0 Å². The quantitative estimate of drug-likeness (QED) is 0.873. The van der Waals surface area contributed by atoms with Crippen molar-refractivity contribution in [3.8, 4) is 0 Å². The van der Waals surface area contributed by atoms with Crippen LogP contribution in [0.1, 0.15) is 32.8 Å². The Morgan fingerprint density at radius 3 is 2.38 bits per heavy atom. The predicted octanol–water partition coefficient (Wildman–Crippen LogP) is 2.12. The number of carbonyl (C=O) groups is 1. The highest BCUT2D eigenvalue weighted by atomic mass is 32.2. The van der Waals surface area contributed by atoms with Crippen LogP contribution in [0.4, 0.5) is 5.69 Å². The molecule has 0 saturated carbocycles. The maximum atomic E-state index is 11.9. The van der Waals surface area contributed by atoms with Crippen molar-refractivity contribution in [2.45, 2.75) is 44.6 Å². The molecule has 2 N–H and O–H groups in total. The Balaban J connectivity index is 2.72. The molecule has 0 spiro atoms. The zero-order valence-electron chi connectivity index (χ0n) is 13.3. The summed E-state index contributed by atoms with van der Waals surface area (Å²) in [6.45, 7) is 8.50. The second-order valence-electron chi connectivity index (χ2n) is 6.22. The lowest BCUT2D eigenvalue weighted by molar-refractivity contribution is -0.116. The SMILES string of the molecule is Cc1ccc(S(C)(=O)=O)cc1NC(=O)CCNC(C)(C)C. The van der Waals surface area contributed by atoms with Crippen LogP contribution in [0.15, 0.2) is 23.1 Å². The lowest BCUT2D eigenvalue weighted by Gasteiger charge is -2.20. The summed E-state index contributed by atoms with van der Waals surface area (Å²) in [6, 6.07) is 4.74. The van der Waals surface area contributed by atoms with Gasteiger partial charge < -0.3 is 10.6 Å². The Morgan fingerprint density at radius 1 is 1.24 bits per heavy atom. The molecule has 1 rings (SSSR count). The lowest BCUT2D eigenvalue weighted by Crippen LogP contribution is -2.37. The van der Waals surface area contributed by atoms with Crippen LogP contribution in [0.3, 0.4) is 0 Å². The molecule has 1 aromatic carbocycles. The number of anilines is 1. The van der Waals surface area contributed by atoms with E-state index in [1.54, 1.807) is 12.1 Å². The van der Waals surface area contributed by atoms with Gasteiger partial charge in [-0.25, -0.2) is 8.42 Å². The molecule has 0 radical (unpaired) electrons. The van der Waals surface area contributed by atoms with Crippen molar-refractivity contribution in [3.05, 3.63) is 23.8 Å². The number of hydrogen-bond donors (Lipinski definition) is 2. The van der Waals surface area contributed by atoms with Crippen LogP contribution >= 0.6 is 0 Å². The monoisotopic (exact) mass is 312 g/mol. The molecule has 0 aliphatic rings. The third-order valence-electron chi connectivity index (χ3n) is 2.92. The van der Waals surface area contributed by atoms with Crippen LogP contribution in [0.5, 0.6) is 0 Å². The molecule has 0 saturated heterocycles. The first-order chi connectivity index (χ1) is 9.49. The highest BCUT2D eigenvalue weighted by Crippen LogP contribution is 2.20. The largest absolute Gasteiger partial charge is 0.326 e. The number of nitrogens with one attached hydrogen (secondary N) is 2. The van der Waals surface area contributed by atoms with Gasteiger partial charge in [0.15, 0.2) is 9.84 Å². The van der Waals surface area contributed by atoms with Crippen molar-refractivity contribution >= 4 is 21.4 Å². The molecule has 0 aliphatic carbocycles. The van der Waals surface area contributed by atoms with Crippen LogP contribution in [0, 0.1) is 6.92 Å². The van der Waals surface area contributed by atoms with E-state index in [4.69, 9.17) is 0 Å². The second kappa shape index (κ2) is 6.58. The predicted molar refractivity (Wildman–Crippen MR) is 85.3 cm³/mol. The van der Waals surface area contributed by atoms with Gasteiger partial charge in [-0.2, -0.15) is 0 Å². The Bertz CT molecular complexity index is 616. The lowest BCUT2D eigenvalue weighted by atomic mass is 10.1. The minimum Gasteiger partial charge on any atom is -0.326 e. The molecule has 5 nitrogen and oxygen atoms in total. The zero-order valence-corrected chi connectivity index (χ0v) is 14.1. The number of benzene rings is 1. The van der Waals surface area contributed by atoms with Crippen molar-refractivity contribution in [1.82, 2.24) is 5.32 Å². The van der Waals surface area contributed by atoms with Gasteiger partial charge in [-0.3, -0.25) is 4.79 Å². The maximum Gasteiger partial charge on any atom is 0.225 e. The van der Waals surface area contributed by atoms with Crippen molar-refractivity contribution in [1.29, 1.82) is 0 Å². The normalized spacial score (nSPS) is 12.2. The minimum atomic E-state index is -3.28. The van der Waals surface area contributed by atoms with E-state index in [1.807, 2.05) is 27.7 Å². The van der Waals surface area contributed by atoms with Gasteiger partial charge in [0.05, 0.1) is 4.90 Å². The number of carbonyl (C=O) groups excluding carboxylic acids is 1. The third-order valence-corrected chi connectivity index (χ3v) is 4.03. The van der Waals surface area contributed by atoms with Crippen molar-refractivity contribution in [2.75, 3.05) is 18.1 Å². The van der Waals surface area contributed by atoms with E-state index in [9.17, 15) is 13.2 Å². The number of aryl methyl sites for hydroxylation is 1. The number of sulfone groups is 1. The van der Waals surface area contributed by atoms with E-state index >= 15 is 0 Å². The van der Waals surface area contributed by atoms with Gasteiger partial charge in [0, 0.05) is 30.4 Å². The Labute approximate surface area is 127 Å². The molecule has 1 aromatic rings.